The van der Waals surface area contributed by atoms with Gasteiger partial charge in [-0.2, -0.15) is 0 Å². The van der Waals surface area contributed by atoms with Gasteiger partial charge in [-0.05, 0) is 12.8 Å². The van der Waals surface area contributed by atoms with Crippen LogP contribution in [0.2, 0.25) is 0 Å². The third-order valence-electron chi connectivity index (χ3n) is 2.86. The van der Waals surface area contributed by atoms with E-state index in [0.717, 1.165) is 12.8 Å². The lowest BCUT2D eigenvalue weighted by Crippen LogP contribution is -2.43. The van der Waals surface area contributed by atoms with Crippen molar-refractivity contribution in [2.45, 2.75) is 44.6 Å². The van der Waals surface area contributed by atoms with E-state index in [1.54, 1.807) is 7.05 Å². The Balaban J connectivity index is 2.08. The summed E-state index contributed by atoms with van der Waals surface area (Å²) in [4.78, 5) is 22.3. The summed E-state index contributed by atoms with van der Waals surface area (Å²) in [6.45, 7) is 0.387. The summed E-state index contributed by atoms with van der Waals surface area (Å²) in [6, 6.07) is 0.157. The van der Waals surface area contributed by atoms with Gasteiger partial charge in [-0.15, -0.1) is 0 Å². The Morgan fingerprint density at radius 2 is 1.88 bits per heavy atom. The van der Waals surface area contributed by atoms with Crippen LogP contribution in [0.3, 0.4) is 0 Å². The van der Waals surface area contributed by atoms with E-state index in [2.05, 4.69) is 16.0 Å². The molecule has 1 rings (SSSR count). The van der Waals surface area contributed by atoms with Crippen LogP contribution in [0, 0.1) is 0 Å². The lowest BCUT2D eigenvalue weighted by Gasteiger charge is -2.22. The molecule has 3 amide bonds. The smallest absolute Gasteiger partial charge is 0.315 e. The molecule has 0 bridgehead atoms. The zero-order chi connectivity index (χ0) is 11.8. The molecule has 5 heteroatoms. The Morgan fingerprint density at radius 1 is 1.19 bits per heavy atom. The van der Waals surface area contributed by atoms with Gasteiger partial charge in [-0.3, -0.25) is 4.79 Å². The van der Waals surface area contributed by atoms with E-state index in [-0.39, 0.29) is 11.9 Å². The van der Waals surface area contributed by atoms with E-state index >= 15 is 0 Å². The molecule has 0 spiro atoms. The van der Waals surface area contributed by atoms with Crippen molar-refractivity contribution in [2.75, 3.05) is 13.6 Å². The second kappa shape index (κ2) is 7.09. The maximum absolute atomic E-state index is 11.4. The Kier molecular flexibility index (Phi) is 5.67. The highest BCUT2D eigenvalue weighted by Crippen LogP contribution is 2.16. The lowest BCUT2D eigenvalue weighted by molar-refractivity contribution is -0.120. The van der Waals surface area contributed by atoms with Crippen molar-refractivity contribution < 1.29 is 9.59 Å². The predicted molar refractivity (Wildman–Crippen MR) is 62.1 cm³/mol. The summed E-state index contributed by atoms with van der Waals surface area (Å²) in [7, 11) is 1.59. The average Bonchev–Trinajstić information content (AvgIpc) is 2.30. The van der Waals surface area contributed by atoms with Gasteiger partial charge in [0.1, 0.15) is 0 Å². The number of urea groups is 1. The van der Waals surface area contributed by atoms with Gasteiger partial charge in [-0.25, -0.2) is 4.79 Å². The largest absolute Gasteiger partial charge is 0.359 e. The lowest BCUT2D eigenvalue weighted by atomic mass is 9.96. The van der Waals surface area contributed by atoms with Crippen LogP contribution in [-0.4, -0.2) is 31.6 Å². The van der Waals surface area contributed by atoms with Gasteiger partial charge >= 0.3 is 6.03 Å². The summed E-state index contributed by atoms with van der Waals surface area (Å²) >= 11 is 0. The third kappa shape index (κ3) is 5.00. The first kappa shape index (κ1) is 12.8. The standard InChI is InChI=1S/C11H21N3O2/c1-12-10(15)7-8-13-11(16)14-9-5-3-2-4-6-9/h9H,2-8H2,1H3,(H,12,15)(H2,13,14,16). The minimum absolute atomic E-state index is 0.0574. The maximum Gasteiger partial charge on any atom is 0.315 e. The molecule has 0 radical (unpaired) electrons. The van der Waals surface area contributed by atoms with Crippen LogP contribution in [-0.2, 0) is 4.79 Å². The van der Waals surface area contributed by atoms with Crippen LogP contribution < -0.4 is 16.0 Å². The van der Waals surface area contributed by atoms with E-state index in [0.29, 0.717) is 19.0 Å². The molecule has 16 heavy (non-hydrogen) atoms. The van der Waals surface area contributed by atoms with Gasteiger partial charge in [-0.1, -0.05) is 19.3 Å². The molecule has 0 heterocycles. The highest BCUT2D eigenvalue weighted by Gasteiger charge is 2.15. The zero-order valence-electron chi connectivity index (χ0n) is 9.84. The molecule has 0 atom stereocenters. The molecule has 0 unspecified atom stereocenters. The Morgan fingerprint density at radius 3 is 2.50 bits per heavy atom. The fourth-order valence-corrected chi connectivity index (χ4v) is 1.90. The summed E-state index contributed by atoms with van der Waals surface area (Å²) in [5.74, 6) is -0.0574. The van der Waals surface area contributed by atoms with Gasteiger partial charge in [0, 0.05) is 26.1 Å². The van der Waals surface area contributed by atoms with E-state index in [4.69, 9.17) is 0 Å². The van der Waals surface area contributed by atoms with Crippen LogP contribution in [0.5, 0.6) is 0 Å². The molecule has 1 aliphatic rings. The van der Waals surface area contributed by atoms with Crippen molar-refractivity contribution in [3.05, 3.63) is 0 Å². The topological polar surface area (TPSA) is 70.2 Å². The normalized spacial score (nSPS) is 16.6. The van der Waals surface area contributed by atoms with Gasteiger partial charge < -0.3 is 16.0 Å². The van der Waals surface area contributed by atoms with Gasteiger partial charge in [0.25, 0.3) is 0 Å². The van der Waals surface area contributed by atoms with Crippen molar-refractivity contribution in [3.63, 3.8) is 0 Å². The minimum Gasteiger partial charge on any atom is -0.359 e. The first-order chi connectivity index (χ1) is 7.72. The van der Waals surface area contributed by atoms with E-state index < -0.39 is 0 Å². The molecular formula is C11H21N3O2. The van der Waals surface area contributed by atoms with Crippen molar-refractivity contribution in [1.29, 1.82) is 0 Å². The van der Waals surface area contributed by atoms with E-state index in [1.165, 1.54) is 19.3 Å². The number of hydrogen-bond donors (Lipinski definition) is 3. The van der Waals surface area contributed by atoms with Crippen LogP contribution in [0.4, 0.5) is 4.79 Å². The molecule has 1 saturated carbocycles. The summed E-state index contributed by atoms with van der Waals surface area (Å²) in [6.07, 6.45) is 6.14. The third-order valence-corrected chi connectivity index (χ3v) is 2.86. The van der Waals surface area contributed by atoms with Crippen LogP contribution >= 0.6 is 0 Å². The maximum atomic E-state index is 11.4. The molecular weight excluding hydrogens is 206 g/mol. The SMILES string of the molecule is CNC(=O)CCNC(=O)NC1CCCCC1. The fourth-order valence-electron chi connectivity index (χ4n) is 1.90. The molecule has 0 aromatic rings. The van der Waals surface area contributed by atoms with Crippen LogP contribution in [0.25, 0.3) is 0 Å². The average molecular weight is 227 g/mol. The first-order valence-corrected chi connectivity index (χ1v) is 5.97. The Hall–Kier alpha value is -1.26. The van der Waals surface area contributed by atoms with Crippen molar-refractivity contribution in [3.8, 4) is 0 Å². The molecule has 0 aromatic heterocycles. The molecule has 1 aliphatic carbocycles. The summed E-state index contributed by atoms with van der Waals surface area (Å²) < 4.78 is 0. The number of hydrogen-bond acceptors (Lipinski definition) is 2. The van der Waals surface area contributed by atoms with E-state index in [9.17, 15) is 9.59 Å². The van der Waals surface area contributed by atoms with E-state index in [1.807, 2.05) is 0 Å². The zero-order valence-corrected chi connectivity index (χ0v) is 9.84. The number of rotatable bonds is 4. The van der Waals surface area contributed by atoms with Crippen molar-refractivity contribution >= 4 is 11.9 Å². The highest BCUT2D eigenvalue weighted by atomic mass is 16.2. The number of carbonyl (C=O) groups is 2. The number of nitrogens with one attached hydrogen (secondary N) is 3. The Labute approximate surface area is 96.4 Å². The molecule has 3 N–H and O–H groups in total. The second-order valence-electron chi connectivity index (χ2n) is 4.16. The number of carbonyl (C=O) groups excluding carboxylic acids is 2. The number of amides is 3. The predicted octanol–water partition coefficient (Wildman–Crippen LogP) is 0.754. The highest BCUT2D eigenvalue weighted by molar-refractivity contribution is 5.78. The monoisotopic (exact) mass is 227 g/mol. The van der Waals surface area contributed by atoms with Gasteiger partial charge in [0.2, 0.25) is 5.91 Å². The molecule has 1 fully saturated rings. The Bertz CT molecular complexity index is 237. The quantitative estimate of drug-likeness (QED) is 0.663. The van der Waals surface area contributed by atoms with Crippen LogP contribution in [0.15, 0.2) is 0 Å². The fraction of sp³-hybridized carbons (Fsp3) is 0.818. The summed E-state index contributed by atoms with van der Waals surface area (Å²) in [5, 5.41) is 8.12. The molecule has 92 valence electrons. The minimum atomic E-state index is -0.157. The molecule has 5 nitrogen and oxygen atoms in total. The second-order valence-corrected chi connectivity index (χ2v) is 4.16. The summed E-state index contributed by atoms with van der Waals surface area (Å²) in [5.41, 5.74) is 0. The molecule has 0 aliphatic heterocycles. The van der Waals surface area contributed by atoms with Crippen LogP contribution in [0.1, 0.15) is 38.5 Å². The molecule has 0 saturated heterocycles. The van der Waals surface area contributed by atoms with Crippen molar-refractivity contribution in [2.24, 2.45) is 0 Å². The van der Waals surface area contributed by atoms with Crippen molar-refractivity contribution in [1.82, 2.24) is 16.0 Å². The molecule has 0 aromatic carbocycles. The first-order valence-electron chi connectivity index (χ1n) is 5.97. The van der Waals surface area contributed by atoms with Gasteiger partial charge in [0.05, 0.1) is 0 Å². The van der Waals surface area contributed by atoms with Gasteiger partial charge in [0.15, 0.2) is 0 Å².